The second kappa shape index (κ2) is 30.3. The molecule has 4 atom stereocenters. The zero-order valence-corrected chi connectivity index (χ0v) is 53.3. The molecule has 0 radical (unpaired) electrons. The molecule has 4 aliphatic heterocycles. The molecule has 8 bridgehead atoms. The summed E-state index contributed by atoms with van der Waals surface area (Å²) in [6, 6.07) is 9.69. The van der Waals surface area contributed by atoms with E-state index < -0.39 is 0 Å². The van der Waals surface area contributed by atoms with Crippen molar-refractivity contribution >= 4 is 43.7 Å². The van der Waals surface area contributed by atoms with Crippen LogP contribution in [0, 0.1) is 13.8 Å². The van der Waals surface area contributed by atoms with Crippen molar-refractivity contribution in [2.75, 3.05) is 37.8 Å². The van der Waals surface area contributed by atoms with Crippen molar-refractivity contribution in [3.05, 3.63) is 91.0 Å². The fraction of sp³-hybridized carbons (Fsp3) is 0.618. The summed E-state index contributed by atoms with van der Waals surface area (Å²) in [5.74, 6) is 5.23. The van der Waals surface area contributed by atoms with Crippen molar-refractivity contribution in [2.24, 2.45) is 0 Å². The summed E-state index contributed by atoms with van der Waals surface area (Å²) >= 11 is 7.14. The molecule has 4 heterocycles. The quantitative estimate of drug-likeness (QED) is 0.0384. The van der Waals surface area contributed by atoms with E-state index in [4.69, 9.17) is 37.9 Å². The Morgan fingerprint density at radius 1 is 0.378 bits per heavy atom. The first-order valence-corrected chi connectivity index (χ1v) is 33.8. The maximum Gasteiger partial charge on any atom is 0.230 e. The molecule has 82 heavy (non-hydrogen) atoms. The Kier molecular flexibility index (Phi) is 22.8. The number of alkyl halides is 2. The van der Waals surface area contributed by atoms with E-state index in [1.54, 1.807) is 0 Å². The second-order valence-corrected chi connectivity index (χ2v) is 25.0. The molecule has 2 amide bonds. The summed E-state index contributed by atoms with van der Waals surface area (Å²) in [6.07, 6.45) is 22.3. The minimum atomic E-state index is -0.166. The number of unbranched alkanes of at least 4 members (excludes halogenated alkanes) is 12. The van der Waals surface area contributed by atoms with E-state index in [1.807, 2.05) is 0 Å². The molecule has 14 heteroatoms. The van der Waals surface area contributed by atoms with Gasteiger partial charge < -0.3 is 48.5 Å². The van der Waals surface area contributed by atoms with Gasteiger partial charge in [0.2, 0.25) is 39.0 Å². The molecule has 0 aromatic heterocycles. The fourth-order valence-electron chi connectivity index (χ4n) is 13.6. The lowest BCUT2D eigenvalue weighted by atomic mass is 9.74. The summed E-state index contributed by atoms with van der Waals surface area (Å²) in [5.41, 5.74) is 12.2. The van der Waals surface area contributed by atoms with Crippen molar-refractivity contribution in [1.82, 2.24) is 10.6 Å². The van der Waals surface area contributed by atoms with Crippen LogP contribution in [0.4, 0.5) is 0 Å². The second-order valence-electron chi connectivity index (χ2n) is 23.4. The highest BCUT2D eigenvalue weighted by Gasteiger charge is 2.41. The Labute approximate surface area is 506 Å². The highest BCUT2D eigenvalue weighted by molar-refractivity contribution is 9.09. The maximum absolute atomic E-state index is 13.9. The van der Waals surface area contributed by atoms with Gasteiger partial charge in [0.25, 0.3) is 0 Å². The van der Waals surface area contributed by atoms with Crippen molar-refractivity contribution in [3.63, 3.8) is 0 Å². The first-order valence-electron chi connectivity index (χ1n) is 31.6. The number of halogens is 2. The third-order valence-electron chi connectivity index (χ3n) is 17.8. The van der Waals surface area contributed by atoms with Crippen LogP contribution in [0.15, 0.2) is 24.3 Å². The Morgan fingerprint density at radius 3 is 0.890 bits per heavy atom. The molecule has 448 valence electrons. The van der Waals surface area contributed by atoms with Crippen LogP contribution in [0.2, 0.25) is 0 Å². The average Bonchev–Trinajstić information content (AvgIpc) is 2.90. The number of hydrogen-bond acceptors (Lipinski definition) is 10. The van der Waals surface area contributed by atoms with E-state index in [0.29, 0.717) is 35.8 Å². The molecule has 4 unspecified atom stereocenters. The number of carbonyl (C=O) groups excluding carboxylic acids is 2. The van der Waals surface area contributed by atoms with Gasteiger partial charge in [0.1, 0.15) is 46.0 Å². The lowest BCUT2D eigenvalue weighted by Crippen LogP contribution is -2.28. The van der Waals surface area contributed by atoms with Crippen LogP contribution in [0.25, 0.3) is 0 Å². The number of benzene rings is 4. The number of amides is 2. The summed E-state index contributed by atoms with van der Waals surface area (Å²) in [4.78, 5) is 27.9. The van der Waals surface area contributed by atoms with Crippen LogP contribution < -0.4 is 48.5 Å². The number of nitrogens with one attached hydrogen (secondary N) is 2. The van der Waals surface area contributed by atoms with Crippen molar-refractivity contribution in [3.8, 4) is 46.0 Å². The minimum absolute atomic E-state index is 0.00211. The van der Waals surface area contributed by atoms with Crippen molar-refractivity contribution < 1.29 is 47.5 Å². The lowest BCUT2D eigenvalue weighted by Gasteiger charge is -2.37. The summed E-state index contributed by atoms with van der Waals surface area (Å²) in [7, 11) is 0. The topological polar surface area (TPSA) is 132 Å². The Balaban J connectivity index is 1.39. The number of hydrogen-bond donors (Lipinski definition) is 2. The third-order valence-corrected chi connectivity index (χ3v) is 18.9. The molecule has 4 aromatic rings. The van der Waals surface area contributed by atoms with E-state index in [2.05, 4.69) is 108 Å². The standard InChI is InChI=1S/C68H92Br2N2O10/c1-7-11-17-25-45-49-33-50-46(26-18-12-8-2)55-36-56-48(28-20-14-10-4)52-34-51-47(27-19-13-9-3)54-35-53(45)65-57(37-71-59(73)29-21-15-23-31-69)66(54)80-41-77-63(51)44(6)64(52)78-42-82-68(56)58(38-72-60(74)30-22-16-24-32-70)67(55)81-40-76-62(50)43(5)61(49)75-39-79-65/h33-36,45-48H,7-32,37-42H2,1-6H3,(H,71,73)(H,72,74). The predicted molar refractivity (Wildman–Crippen MR) is 332 cm³/mol. The van der Waals surface area contributed by atoms with Gasteiger partial charge in [-0.2, -0.15) is 0 Å². The van der Waals surface area contributed by atoms with Crippen molar-refractivity contribution in [2.45, 2.75) is 232 Å². The zero-order chi connectivity index (χ0) is 57.5. The van der Waals surface area contributed by atoms with Gasteiger partial charge in [0, 0.05) is 103 Å². The van der Waals surface area contributed by atoms with Gasteiger partial charge in [0.05, 0.1) is 24.2 Å². The normalized spacial score (nSPS) is 17.9. The monoisotopic (exact) mass is 1250 g/mol. The SMILES string of the molecule is CCCCCC1c2cc3c4c(C)c2OCOc2c1cc1c(c2CNC(=O)CCCCCBr)OCOc2c(cc5c(c2C)OCOc2c(cc(c(c2CNC(=O)CCCCCBr)OCO4)C3CCCCC)C5CCCCC)C1CCCCC. The van der Waals surface area contributed by atoms with E-state index in [1.165, 1.54) is 0 Å². The van der Waals surface area contributed by atoms with Gasteiger partial charge in [-0.25, -0.2) is 0 Å². The first-order chi connectivity index (χ1) is 40.2. The van der Waals surface area contributed by atoms with Gasteiger partial charge >= 0.3 is 0 Å². The Bertz CT molecular complexity index is 2500. The van der Waals surface area contributed by atoms with Crippen LogP contribution >= 0.6 is 31.9 Å². The van der Waals surface area contributed by atoms with Gasteiger partial charge in [0.15, 0.2) is 0 Å². The molecule has 0 spiro atoms. The summed E-state index contributed by atoms with van der Waals surface area (Å²) in [5, 5.41) is 8.57. The number of carbonyl (C=O) groups is 2. The number of rotatable bonds is 30. The van der Waals surface area contributed by atoms with Gasteiger partial charge in [-0.3, -0.25) is 9.59 Å². The average molecular weight is 1260 g/mol. The Morgan fingerprint density at radius 2 is 0.634 bits per heavy atom. The van der Waals surface area contributed by atoms with Crippen molar-refractivity contribution in [1.29, 1.82) is 0 Å². The minimum Gasteiger partial charge on any atom is -0.457 e. The smallest absolute Gasteiger partial charge is 0.230 e. The van der Waals surface area contributed by atoms with E-state index in [-0.39, 0.29) is 75.7 Å². The molecular formula is C68H92Br2N2O10. The van der Waals surface area contributed by atoms with E-state index in [9.17, 15) is 9.59 Å². The van der Waals surface area contributed by atoms with Crippen LogP contribution in [0.1, 0.15) is 272 Å². The third kappa shape index (κ3) is 13.8. The maximum atomic E-state index is 13.9. The van der Waals surface area contributed by atoms with Crippen LogP contribution in [-0.2, 0) is 22.7 Å². The van der Waals surface area contributed by atoms with Crippen LogP contribution in [0.5, 0.6) is 46.0 Å². The molecule has 2 N–H and O–H groups in total. The molecule has 0 saturated carbocycles. The molecule has 4 aromatic carbocycles. The lowest BCUT2D eigenvalue weighted by molar-refractivity contribution is -0.122. The molecule has 0 fully saturated rings. The van der Waals surface area contributed by atoms with E-state index in [0.717, 1.165) is 242 Å². The summed E-state index contributed by atoms with van der Waals surface area (Å²) < 4.78 is 56.0. The predicted octanol–water partition coefficient (Wildman–Crippen LogP) is 17.5. The van der Waals surface area contributed by atoms with E-state index >= 15 is 0 Å². The molecular weight excluding hydrogens is 1160 g/mol. The van der Waals surface area contributed by atoms with Gasteiger partial charge in [-0.05, 0) is 89.5 Å². The zero-order valence-electron chi connectivity index (χ0n) is 50.1. The fourth-order valence-corrected chi connectivity index (χ4v) is 14.4. The highest BCUT2D eigenvalue weighted by Crippen LogP contribution is 2.58. The molecule has 12 nitrogen and oxygen atoms in total. The molecule has 1 aliphatic carbocycles. The van der Waals surface area contributed by atoms with Crippen LogP contribution in [-0.4, -0.2) is 49.6 Å². The number of ether oxygens (including phenoxy) is 8. The van der Waals surface area contributed by atoms with Gasteiger partial charge in [-0.15, -0.1) is 0 Å². The largest absolute Gasteiger partial charge is 0.457 e. The molecule has 9 rings (SSSR count). The Hall–Kier alpha value is -4.82. The molecule has 0 saturated heterocycles. The first kappa shape index (κ1) is 61.7. The molecule has 5 aliphatic rings. The highest BCUT2D eigenvalue weighted by atomic mass is 79.9. The van der Waals surface area contributed by atoms with Crippen LogP contribution in [0.3, 0.4) is 0 Å². The van der Waals surface area contributed by atoms with Gasteiger partial charge in [-0.1, -0.05) is 149 Å². The summed E-state index contributed by atoms with van der Waals surface area (Å²) in [6.45, 7) is 13.5.